The predicted octanol–water partition coefficient (Wildman–Crippen LogP) is 4.97. The Morgan fingerprint density at radius 3 is 2.33 bits per heavy atom. The highest BCUT2D eigenvalue weighted by Gasteiger charge is 2.45. The van der Waals surface area contributed by atoms with Crippen LogP contribution in [-0.4, -0.2) is 11.6 Å². The maximum atomic E-state index is 13.4. The average molecular weight is 393 g/mol. The fourth-order valence-electron chi connectivity index (χ4n) is 5.10. The molecule has 2 aliphatic carbocycles. The van der Waals surface area contributed by atoms with Gasteiger partial charge in [0.1, 0.15) is 5.76 Å². The molecule has 2 atom stereocenters. The second-order valence-electron chi connectivity index (χ2n) is 8.07. The van der Waals surface area contributed by atoms with Crippen LogP contribution in [0.2, 0.25) is 0 Å². The molecule has 4 nitrogen and oxygen atoms in total. The molecule has 0 radical (unpaired) electrons. The number of hydrogen-bond donors (Lipinski definition) is 1. The van der Waals surface area contributed by atoms with Gasteiger partial charge in [0.25, 0.3) is 0 Å². The van der Waals surface area contributed by atoms with Crippen molar-refractivity contribution in [2.45, 2.75) is 24.7 Å². The van der Waals surface area contributed by atoms with Crippen LogP contribution in [0, 0.1) is 0 Å². The SMILES string of the molecule is O=C1C[C@H](c2ccco2)CC2=C1[C@@H](c1ccccc1)C1=C(N2)c2ccccc2C1=O. The zero-order valence-corrected chi connectivity index (χ0v) is 16.2. The molecular weight excluding hydrogens is 374 g/mol. The molecule has 0 saturated carbocycles. The van der Waals surface area contributed by atoms with Crippen LogP contribution in [0.1, 0.15) is 51.9 Å². The maximum absolute atomic E-state index is 13.4. The number of allylic oxidation sites excluding steroid dienone is 3. The largest absolute Gasteiger partial charge is 0.469 e. The van der Waals surface area contributed by atoms with Crippen molar-refractivity contribution in [2.75, 3.05) is 0 Å². The molecule has 6 rings (SSSR count). The summed E-state index contributed by atoms with van der Waals surface area (Å²) in [7, 11) is 0. The van der Waals surface area contributed by atoms with Crippen LogP contribution in [0.4, 0.5) is 0 Å². The van der Waals surface area contributed by atoms with Crippen molar-refractivity contribution in [2.24, 2.45) is 0 Å². The van der Waals surface area contributed by atoms with E-state index in [-0.39, 0.29) is 23.4 Å². The van der Waals surface area contributed by atoms with E-state index in [0.717, 1.165) is 33.9 Å². The van der Waals surface area contributed by atoms with E-state index in [9.17, 15) is 9.59 Å². The molecule has 0 fully saturated rings. The fraction of sp³-hybridized carbons (Fsp3) is 0.154. The number of furan rings is 1. The summed E-state index contributed by atoms with van der Waals surface area (Å²) in [6.45, 7) is 0. The molecule has 0 saturated heterocycles. The smallest absolute Gasteiger partial charge is 0.192 e. The van der Waals surface area contributed by atoms with Gasteiger partial charge in [-0.2, -0.15) is 0 Å². The Morgan fingerprint density at radius 2 is 1.57 bits per heavy atom. The number of carbonyl (C=O) groups is 2. The average Bonchev–Trinajstić information content (AvgIpc) is 3.41. The number of carbonyl (C=O) groups excluding carboxylic acids is 2. The molecular formula is C26H19NO3. The van der Waals surface area contributed by atoms with Crippen LogP contribution in [-0.2, 0) is 4.79 Å². The molecule has 3 aliphatic rings. The van der Waals surface area contributed by atoms with E-state index in [4.69, 9.17) is 4.42 Å². The minimum Gasteiger partial charge on any atom is -0.469 e. The van der Waals surface area contributed by atoms with E-state index in [1.807, 2.05) is 66.7 Å². The zero-order valence-electron chi connectivity index (χ0n) is 16.2. The molecule has 1 aromatic heterocycles. The van der Waals surface area contributed by atoms with Gasteiger partial charge in [-0.25, -0.2) is 0 Å². The van der Waals surface area contributed by atoms with Crippen LogP contribution in [0.25, 0.3) is 5.70 Å². The van der Waals surface area contributed by atoms with Gasteiger partial charge in [-0.05, 0) is 24.1 Å². The highest BCUT2D eigenvalue weighted by atomic mass is 16.3. The van der Waals surface area contributed by atoms with Gasteiger partial charge in [0, 0.05) is 46.2 Å². The summed E-state index contributed by atoms with van der Waals surface area (Å²) >= 11 is 0. The molecule has 0 spiro atoms. The third kappa shape index (κ3) is 2.40. The van der Waals surface area contributed by atoms with Crippen molar-refractivity contribution in [3.8, 4) is 0 Å². The van der Waals surface area contributed by atoms with Crippen LogP contribution in [0.15, 0.2) is 94.3 Å². The first-order valence-corrected chi connectivity index (χ1v) is 10.2. The number of benzene rings is 2. The van der Waals surface area contributed by atoms with E-state index in [1.165, 1.54) is 0 Å². The topological polar surface area (TPSA) is 59.3 Å². The summed E-state index contributed by atoms with van der Waals surface area (Å²) in [5, 5.41) is 3.50. The Kier molecular flexibility index (Phi) is 3.69. The van der Waals surface area contributed by atoms with Gasteiger partial charge in [0.2, 0.25) is 0 Å². The normalized spacial score (nSPS) is 22.5. The van der Waals surface area contributed by atoms with Gasteiger partial charge in [0.05, 0.1) is 12.0 Å². The maximum Gasteiger partial charge on any atom is 0.192 e. The third-order valence-corrected chi connectivity index (χ3v) is 6.39. The highest BCUT2D eigenvalue weighted by molar-refractivity contribution is 6.23. The van der Waals surface area contributed by atoms with Crippen molar-refractivity contribution in [3.05, 3.63) is 112 Å². The minimum absolute atomic E-state index is 0.00433. The van der Waals surface area contributed by atoms with Gasteiger partial charge in [-0.15, -0.1) is 0 Å². The lowest BCUT2D eigenvalue weighted by Crippen LogP contribution is -2.33. The Hall–Kier alpha value is -3.66. The van der Waals surface area contributed by atoms with Crippen molar-refractivity contribution in [1.82, 2.24) is 5.32 Å². The van der Waals surface area contributed by atoms with Gasteiger partial charge in [-0.3, -0.25) is 9.59 Å². The summed E-state index contributed by atoms with van der Waals surface area (Å²) in [6, 6.07) is 21.4. The monoisotopic (exact) mass is 393 g/mol. The summed E-state index contributed by atoms with van der Waals surface area (Å²) in [5.41, 5.74) is 5.75. The molecule has 2 heterocycles. The minimum atomic E-state index is -0.345. The van der Waals surface area contributed by atoms with E-state index in [0.29, 0.717) is 24.0 Å². The lowest BCUT2D eigenvalue weighted by Gasteiger charge is -2.35. The molecule has 146 valence electrons. The predicted molar refractivity (Wildman–Crippen MR) is 113 cm³/mol. The van der Waals surface area contributed by atoms with Crippen LogP contribution in [0.5, 0.6) is 0 Å². The van der Waals surface area contributed by atoms with Crippen molar-refractivity contribution in [1.29, 1.82) is 0 Å². The summed E-state index contributed by atoms with van der Waals surface area (Å²) in [6.07, 6.45) is 2.73. The standard InChI is InChI=1S/C26H19NO3/c28-20-14-16(21-11-6-12-30-21)13-19-23(20)22(15-7-2-1-3-8-15)24-25(27-19)17-9-4-5-10-18(17)26(24)29/h1-12,16,22,27H,13-14H2/t16-,22-/m1/s1. The van der Waals surface area contributed by atoms with Gasteiger partial charge >= 0.3 is 0 Å². The van der Waals surface area contributed by atoms with Gasteiger partial charge in [0.15, 0.2) is 11.6 Å². The van der Waals surface area contributed by atoms with E-state index < -0.39 is 0 Å². The zero-order chi connectivity index (χ0) is 20.2. The van der Waals surface area contributed by atoms with E-state index in [1.54, 1.807) is 6.26 Å². The van der Waals surface area contributed by atoms with Crippen molar-refractivity contribution in [3.63, 3.8) is 0 Å². The number of hydrogen-bond acceptors (Lipinski definition) is 4. The van der Waals surface area contributed by atoms with Crippen molar-refractivity contribution < 1.29 is 14.0 Å². The van der Waals surface area contributed by atoms with Gasteiger partial charge < -0.3 is 9.73 Å². The first-order chi connectivity index (χ1) is 14.7. The molecule has 0 bridgehead atoms. The van der Waals surface area contributed by atoms with Crippen LogP contribution in [0.3, 0.4) is 0 Å². The molecule has 3 aromatic rings. The summed E-state index contributed by atoms with van der Waals surface area (Å²) in [4.78, 5) is 26.8. The van der Waals surface area contributed by atoms with E-state index in [2.05, 4.69) is 5.32 Å². The second kappa shape index (κ2) is 6.42. The molecule has 30 heavy (non-hydrogen) atoms. The molecule has 2 aromatic carbocycles. The van der Waals surface area contributed by atoms with Crippen molar-refractivity contribution >= 4 is 17.3 Å². The molecule has 1 aliphatic heterocycles. The Balaban J connectivity index is 1.53. The Bertz CT molecular complexity index is 1250. The quantitative estimate of drug-likeness (QED) is 0.667. The molecule has 0 unspecified atom stereocenters. The van der Waals surface area contributed by atoms with Crippen LogP contribution < -0.4 is 5.32 Å². The Labute approximate surface area is 173 Å². The number of nitrogens with one attached hydrogen (secondary N) is 1. The number of ketones is 2. The number of rotatable bonds is 2. The van der Waals surface area contributed by atoms with E-state index >= 15 is 0 Å². The fourth-order valence-corrected chi connectivity index (χ4v) is 5.10. The van der Waals surface area contributed by atoms with Crippen LogP contribution >= 0.6 is 0 Å². The first-order valence-electron chi connectivity index (χ1n) is 10.2. The summed E-state index contributed by atoms with van der Waals surface area (Å²) in [5.74, 6) is 0.575. The molecule has 0 amide bonds. The lowest BCUT2D eigenvalue weighted by atomic mass is 9.72. The highest BCUT2D eigenvalue weighted by Crippen LogP contribution is 2.50. The third-order valence-electron chi connectivity index (χ3n) is 6.39. The second-order valence-corrected chi connectivity index (χ2v) is 8.07. The Morgan fingerprint density at radius 1 is 0.800 bits per heavy atom. The molecule has 1 N–H and O–H groups in total. The number of Topliss-reactive ketones (excluding diaryl/α,β-unsaturated/α-hetero) is 2. The summed E-state index contributed by atoms with van der Waals surface area (Å²) < 4.78 is 5.60. The van der Waals surface area contributed by atoms with Gasteiger partial charge in [-0.1, -0.05) is 54.6 Å². The molecule has 4 heteroatoms. The first kappa shape index (κ1) is 17.2. The number of fused-ring (bicyclic) bond motifs is 2. The lowest BCUT2D eigenvalue weighted by molar-refractivity contribution is -0.116. The number of dihydropyridines is 1.